The zero-order valence-corrected chi connectivity index (χ0v) is 12.1. The minimum absolute atomic E-state index is 0. The Labute approximate surface area is 133 Å². The zero-order chi connectivity index (χ0) is 17.1. The summed E-state index contributed by atoms with van der Waals surface area (Å²) in [6.07, 6.45) is -12.2. The molecule has 0 aliphatic heterocycles. The Hall–Kier alpha value is -0.0526. The van der Waals surface area contributed by atoms with Crippen molar-refractivity contribution < 1.29 is 67.0 Å². The third kappa shape index (κ3) is 6.60. The maximum atomic E-state index is 13.0. The van der Waals surface area contributed by atoms with Gasteiger partial charge in [-0.05, 0) is 12.8 Å². The van der Waals surface area contributed by atoms with Crippen molar-refractivity contribution in [3.8, 4) is 0 Å². The maximum absolute atomic E-state index is 13.0. The van der Waals surface area contributed by atoms with Gasteiger partial charge in [0.2, 0.25) is 0 Å². The first-order chi connectivity index (χ1) is 9.13. The smallest absolute Gasteiger partial charge is 0.743 e. The molecule has 0 amide bonds. The molecule has 22 heavy (non-hydrogen) atoms. The summed E-state index contributed by atoms with van der Waals surface area (Å²) in [5, 5.41) is -6.13. The summed E-state index contributed by atoms with van der Waals surface area (Å²) in [7, 11) is -6.78. The molecule has 128 valence electrons. The molecule has 0 aromatic heterocycles. The van der Waals surface area contributed by atoms with Crippen LogP contribution in [0.1, 0.15) is 32.1 Å². The molecule has 0 saturated carbocycles. The van der Waals surface area contributed by atoms with Crippen LogP contribution in [0, 0.1) is 0 Å². The van der Waals surface area contributed by atoms with Crippen molar-refractivity contribution in [1.82, 2.24) is 0 Å². The molecule has 0 radical (unpaired) electrons. The van der Waals surface area contributed by atoms with Crippen molar-refractivity contribution in [2.24, 2.45) is 0 Å². The second kappa shape index (κ2) is 8.17. The predicted octanol–water partition coefficient (Wildman–Crippen LogP) is 0.615. The van der Waals surface area contributed by atoms with Gasteiger partial charge in [-0.3, -0.25) is 0 Å². The normalized spacial score (nSPS) is 15.3. The van der Waals surface area contributed by atoms with Crippen LogP contribution in [0.5, 0.6) is 0 Å². The van der Waals surface area contributed by atoms with Crippen molar-refractivity contribution in [1.29, 1.82) is 0 Å². The van der Waals surface area contributed by atoms with Crippen LogP contribution in [-0.2, 0) is 10.1 Å². The Kier molecular flexibility index (Phi) is 8.98. The Balaban J connectivity index is 0. The molecule has 0 aliphatic carbocycles. The summed E-state index contributed by atoms with van der Waals surface area (Å²) in [5.41, 5.74) is 0. The fourth-order valence-corrected chi connectivity index (χ4v) is 1.82. The van der Waals surface area contributed by atoms with Gasteiger partial charge in [-0.1, -0.05) is 12.8 Å². The van der Waals surface area contributed by atoms with E-state index in [9.17, 15) is 48.1 Å². The maximum Gasteiger partial charge on any atom is 1.00 e. The van der Waals surface area contributed by atoms with Gasteiger partial charge in [-0.2, -0.15) is 30.7 Å². The number of alkyl halides is 8. The van der Waals surface area contributed by atoms with Crippen LogP contribution in [-0.4, -0.2) is 36.5 Å². The molecule has 0 saturated heterocycles. The van der Waals surface area contributed by atoms with Gasteiger partial charge in [-0.15, -0.1) is 0 Å². The van der Waals surface area contributed by atoms with E-state index in [0.29, 0.717) is 0 Å². The number of hydrogen-bond donors (Lipinski definition) is 0. The molecule has 3 nitrogen and oxygen atoms in total. The van der Waals surface area contributed by atoms with E-state index in [4.69, 9.17) is 0 Å². The molecule has 0 N–H and O–H groups in total. The summed E-state index contributed by atoms with van der Waals surface area (Å²) in [5.74, 6) is -5.75. The third-order valence-corrected chi connectivity index (χ3v) is 3.41. The van der Waals surface area contributed by atoms with E-state index in [1.165, 1.54) is 0 Å². The van der Waals surface area contributed by atoms with Gasteiger partial charge in [0.25, 0.3) is 0 Å². The van der Waals surface area contributed by atoms with Gasteiger partial charge >= 0.3 is 36.2 Å². The van der Waals surface area contributed by atoms with E-state index in [1.54, 1.807) is 0 Å². The average Bonchev–Trinajstić information content (AvgIpc) is 2.24. The van der Waals surface area contributed by atoms with E-state index >= 15 is 0 Å². The largest absolute Gasteiger partial charge is 1.00 e. The molecule has 0 bridgehead atoms. The summed E-state index contributed by atoms with van der Waals surface area (Å²) in [4.78, 5) is 0. The van der Waals surface area contributed by atoms with E-state index in [2.05, 4.69) is 0 Å². The van der Waals surface area contributed by atoms with Gasteiger partial charge in [0.1, 0.15) is 0 Å². The van der Waals surface area contributed by atoms with Crippen LogP contribution in [0.15, 0.2) is 0 Å². The van der Waals surface area contributed by atoms with Gasteiger partial charge in [0.15, 0.2) is 16.3 Å². The molecule has 1 atom stereocenters. The molecular formula is C9H11F8LiO3S. The minimum Gasteiger partial charge on any atom is -0.743 e. The molecule has 0 aliphatic rings. The van der Waals surface area contributed by atoms with Crippen LogP contribution < -0.4 is 18.9 Å². The molecular weight excluding hydrogens is 347 g/mol. The van der Waals surface area contributed by atoms with E-state index in [1.807, 2.05) is 0 Å². The monoisotopic (exact) mass is 358 g/mol. The van der Waals surface area contributed by atoms with Crippen molar-refractivity contribution in [3.05, 3.63) is 0 Å². The van der Waals surface area contributed by atoms with Gasteiger partial charge < -0.3 is 4.55 Å². The number of rotatable bonds is 8. The van der Waals surface area contributed by atoms with Crippen LogP contribution in [0.3, 0.4) is 0 Å². The first-order valence-electron chi connectivity index (χ1n) is 5.55. The molecule has 0 heterocycles. The Morgan fingerprint density at radius 3 is 1.73 bits per heavy atom. The van der Waals surface area contributed by atoms with Crippen LogP contribution in [0.2, 0.25) is 0 Å². The Bertz CT molecular complexity index is 437. The van der Waals surface area contributed by atoms with Crippen molar-refractivity contribution in [2.45, 2.75) is 55.6 Å². The van der Waals surface area contributed by atoms with E-state index < -0.39 is 59.3 Å². The first kappa shape index (κ1) is 24.2. The van der Waals surface area contributed by atoms with Crippen molar-refractivity contribution in [3.63, 3.8) is 0 Å². The topological polar surface area (TPSA) is 57.2 Å². The van der Waals surface area contributed by atoms with Crippen LogP contribution >= 0.6 is 0 Å². The second-order valence-electron chi connectivity index (χ2n) is 4.28. The van der Waals surface area contributed by atoms with Crippen LogP contribution in [0.4, 0.5) is 35.1 Å². The summed E-state index contributed by atoms with van der Waals surface area (Å²) >= 11 is 0. The molecule has 0 aromatic rings. The van der Waals surface area contributed by atoms with Gasteiger partial charge in [0, 0.05) is 6.42 Å². The molecule has 0 spiro atoms. The summed E-state index contributed by atoms with van der Waals surface area (Å²) in [6, 6.07) is 0. The Morgan fingerprint density at radius 2 is 1.36 bits per heavy atom. The molecule has 1 unspecified atom stereocenters. The van der Waals surface area contributed by atoms with E-state index in [0.717, 1.165) is 0 Å². The van der Waals surface area contributed by atoms with Crippen molar-refractivity contribution in [2.75, 3.05) is 0 Å². The molecule has 13 heteroatoms. The number of halogens is 8. The fourth-order valence-electron chi connectivity index (χ4n) is 1.36. The van der Waals surface area contributed by atoms with Gasteiger partial charge in [0.05, 0.1) is 0 Å². The SMILES string of the molecule is O=S(=O)([O-])C(F)(F)C(F)(F)C(F)CCCCCC(F)(F)F.[Li+]. The number of unbranched alkanes of at least 4 members (excludes halogenated alkanes) is 2. The van der Waals surface area contributed by atoms with E-state index in [-0.39, 0.29) is 25.3 Å². The third-order valence-electron chi connectivity index (χ3n) is 2.51. The second-order valence-corrected chi connectivity index (χ2v) is 5.70. The van der Waals surface area contributed by atoms with Crippen molar-refractivity contribution >= 4 is 10.1 Å². The molecule has 0 rings (SSSR count). The number of hydrogen-bond acceptors (Lipinski definition) is 3. The molecule has 0 fully saturated rings. The van der Waals surface area contributed by atoms with Gasteiger partial charge in [-0.25, -0.2) is 12.8 Å². The first-order valence-corrected chi connectivity index (χ1v) is 6.95. The molecule has 0 aromatic carbocycles. The Morgan fingerprint density at radius 1 is 0.909 bits per heavy atom. The summed E-state index contributed by atoms with van der Waals surface area (Å²) in [6.45, 7) is 0. The zero-order valence-electron chi connectivity index (χ0n) is 11.3. The quantitative estimate of drug-likeness (QED) is 0.277. The summed E-state index contributed by atoms with van der Waals surface area (Å²) < 4.78 is 129. The minimum atomic E-state index is -6.78. The fraction of sp³-hybridized carbons (Fsp3) is 1.00. The predicted molar refractivity (Wildman–Crippen MR) is 53.6 cm³/mol. The standard InChI is InChI=1S/C9H12F8O3S.Li/c10-6(4-2-1-3-5-7(11,12)13)8(14,15)9(16,17)21(18,19)20;/h6H,1-5H2,(H,18,19,20);/q;+1/p-1. The average molecular weight is 358 g/mol. The van der Waals surface area contributed by atoms with Crippen LogP contribution in [0.25, 0.3) is 0 Å².